The van der Waals surface area contributed by atoms with Gasteiger partial charge in [0.05, 0.1) is 19.3 Å². The third-order valence-corrected chi connectivity index (χ3v) is 3.63. The minimum absolute atomic E-state index is 0.0927. The van der Waals surface area contributed by atoms with Crippen molar-refractivity contribution in [1.29, 1.82) is 0 Å². The SMILES string of the molecule is COCCOc1ccccc1C(=O)c1sccc1OC. The van der Waals surface area contributed by atoms with Gasteiger partial charge in [-0.15, -0.1) is 11.3 Å². The normalized spacial score (nSPS) is 10.3. The van der Waals surface area contributed by atoms with E-state index in [1.807, 2.05) is 17.5 Å². The van der Waals surface area contributed by atoms with E-state index in [-0.39, 0.29) is 5.78 Å². The molecule has 1 heterocycles. The summed E-state index contributed by atoms with van der Waals surface area (Å²) in [5.74, 6) is 1.06. The first-order chi connectivity index (χ1) is 9.77. The number of thiophene rings is 1. The van der Waals surface area contributed by atoms with Crippen LogP contribution in [0.4, 0.5) is 0 Å². The molecule has 0 amide bonds. The van der Waals surface area contributed by atoms with Crippen molar-refractivity contribution >= 4 is 17.1 Å². The first-order valence-corrected chi connectivity index (χ1v) is 7.03. The minimum atomic E-state index is -0.0927. The van der Waals surface area contributed by atoms with Crippen LogP contribution in [0.1, 0.15) is 15.2 Å². The zero-order chi connectivity index (χ0) is 14.4. The molecule has 0 N–H and O–H groups in total. The van der Waals surface area contributed by atoms with Crippen LogP contribution in [-0.2, 0) is 4.74 Å². The summed E-state index contributed by atoms with van der Waals surface area (Å²) >= 11 is 1.36. The van der Waals surface area contributed by atoms with Crippen molar-refractivity contribution in [3.05, 3.63) is 46.2 Å². The van der Waals surface area contributed by atoms with Gasteiger partial charge >= 0.3 is 0 Å². The maximum atomic E-state index is 12.6. The lowest BCUT2D eigenvalue weighted by molar-refractivity contribution is 0.103. The predicted molar refractivity (Wildman–Crippen MR) is 78.1 cm³/mol. The summed E-state index contributed by atoms with van der Waals surface area (Å²) in [7, 11) is 3.16. The lowest BCUT2D eigenvalue weighted by atomic mass is 10.1. The largest absolute Gasteiger partial charge is 0.495 e. The number of ether oxygens (including phenoxy) is 3. The number of methoxy groups -OCH3 is 2. The quantitative estimate of drug-likeness (QED) is 0.581. The molecule has 0 bridgehead atoms. The molecule has 0 aliphatic carbocycles. The molecule has 0 saturated heterocycles. The lowest BCUT2D eigenvalue weighted by Gasteiger charge is -2.10. The molecular weight excluding hydrogens is 276 g/mol. The fourth-order valence-electron chi connectivity index (χ4n) is 1.76. The molecular formula is C15H16O4S. The van der Waals surface area contributed by atoms with Gasteiger partial charge in [-0.2, -0.15) is 0 Å². The van der Waals surface area contributed by atoms with Gasteiger partial charge in [0.2, 0.25) is 5.78 Å². The number of carbonyl (C=O) groups excluding carboxylic acids is 1. The maximum Gasteiger partial charge on any atom is 0.210 e. The number of hydrogen-bond acceptors (Lipinski definition) is 5. The predicted octanol–water partition coefficient (Wildman–Crippen LogP) is 3.01. The maximum absolute atomic E-state index is 12.6. The molecule has 5 heteroatoms. The molecule has 0 aliphatic rings. The number of ketones is 1. The lowest BCUT2D eigenvalue weighted by Crippen LogP contribution is -2.09. The Labute approximate surface area is 121 Å². The van der Waals surface area contributed by atoms with Gasteiger partial charge in [-0.25, -0.2) is 0 Å². The van der Waals surface area contributed by atoms with Gasteiger partial charge in [0, 0.05) is 7.11 Å². The summed E-state index contributed by atoms with van der Waals surface area (Å²) in [6.45, 7) is 0.882. The highest BCUT2D eigenvalue weighted by molar-refractivity contribution is 7.12. The third kappa shape index (κ3) is 3.18. The summed E-state index contributed by atoms with van der Waals surface area (Å²) in [5.41, 5.74) is 0.532. The van der Waals surface area contributed by atoms with Crippen molar-refractivity contribution in [3.8, 4) is 11.5 Å². The van der Waals surface area contributed by atoms with Crippen LogP contribution in [0.3, 0.4) is 0 Å². The second kappa shape index (κ2) is 7.07. The molecule has 2 aromatic rings. The first-order valence-electron chi connectivity index (χ1n) is 6.15. The Kier molecular flexibility index (Phi) is 5.15. The highest BCUT2D eigenvalue weighted by atomic mass is 32.1. The van der Waals surface area contributed by atoms with Crippen LogP contribution in [0.25, 0.3) is 0 Å². The van der Waals surface area contributed by atoms with Crippen LogP contribution >= 0.6 is 11.3 Å². The summed E-state index contributed by atoms with van der Waals surface area (Å²) in [6.07, 6.45) is 0. The van der Waals surface area contributed by atoms with E-state index in [4.69, 9.17) is 14.2 Å². The number of carbonyl (C=O) groups is 1. The Morgan fingerprint density at radius 3 is 2.65 bits per heavy atom. The van der Waals surface area contributed by atoms with E-state index in [9.17, 15) is 4.79 Å². The Morgan fingerprint density at radius 1 is 1.10 bits per heavy atom. The van der Waals surface area contributed by atoms with E-state index in [1.54, 1.807) is 32.4 Å². The zero-order valence-electron chi connectivity index (χ0n) is 11.4. The van der Waals surface area contributed by atoms with Gasteiger partial charge in [0.25, 0.3) is 0 Å². The number of hydrogen-bond donors (Lipinski definition) is 0. The van der Waals surface area contributed by atoms with Crippen molar-refractivity contribution < 1.29 is 19.0 Å². The van der Waals surface area contributed by atoms with Gasteiger partial charge in [-0.05, 0) is 23.6 Å². The molecule has 106 valence electrons. The van der Waals surface area contributed by atoms with E-state index < -0.39 is 0 Å². The smallest absolute Gasteiger partial charge is 0.210 e. The molecule has 2 rings (SSSR count). The minimum Gasteiger partial charge on any atom is -0.495 e. The second-order valence-corrected chi connectivity index (χ2v) is 4.90. The van der Waals surface area contributed by atoms with E-state index in [2.05, 4.69) is 0 Å². The van der Waals surface area contributed by atoms with E-state index >= 15 is 0 Å². The zero-order valence-corrected chi connectivity index (χ0v) is 12.2. The van der Waals surface area contributed by atoms with Gasteiger partial charge in [-0.1, -0.05) is 12.1 Å². The number of benzene rings is 1. The Bertz CT molecular complexity index is 577. The summed E-state index contributed by atoms with van der Waals surface area (Å²) in [4.78, 5) is 13.1. The Hall–Kier alpha value is -1.85. The molecule has 0 unspecified atom stereocenters. The van der Waals surface area contributed by atoms with Crippen molar-refractivity contribution in [3.63, 3.8) is 0 Å². The Morgan fingerprint density at radius 2 is 1.90 bits per heavy atom. The molecule has 0 atom stereocenters. The average Bonchev–Trinajstić information content (AvgIpc) is 2.96. The number of para-hydroxylation sites is 1. The monoisotopic (exact) mass is 292 g/mol. The highest BCUT2D eigenvalue weighted by Gasteiger charge is 2.19. The van der Waals surface area contributed by atoms with E-state index in [1.165, 1.54) is 11.3 Å². The highest BCUT2D eigenvalue weighted by Crippen LogP contribution is 2.30. The van der Waals surface area contributed by atoms with Gasteiger partial charge in [0.15, 0.2) is 0 Å². The van der Waals surface area contributed by atoms with Crippen LogP contribution in [0.15, 0.2) is 35.7 Å². The molecule has 0 aliphatic heterocycles. The molecule has 1 aromatic carbocycles. The summed E-state index contributed by atoms with van der Waals surface area (Å²) in [6, 6.07) is 8.97. The van der Waals surface area contributed by atoms with Gasteiger partial charge in [-0.3, -0.25) is 4.79 Å². The molecule has 0 radical (unpaired) electrons. The fourth-order valence-corrected chi connectivity index (χ4v) is 2.57. The van der Waals surface area contributed by atoms with Crippen LogP contribution in [0, 0.1) is 0 Å². The van der Waals surface area contributed by atoms with Crippen LogP contribution in [-0.4, -0.2) is 33.2 Å². The molecule has 0 spiro atoms. The first kappa shape index (κ1) is 14.6. The second-order valence-electron chi connectivity index (χ2n) is 3.98. The van der Waals surface area contributed by atoms with Crippen LogP contribution in [0.5, 0.6) is 11.5 Å². The molecule has 0 fully saturated rings. The van der Waals surface area contributed by atoms with Gasteiger partial charge in [0.1, 0.15) is 23.0 Å². The molecule has 4 nitrogen and oxygen atoms in total. The van der Waals surface area contributed by atoms with Gasteiger partial charge < -0.3 is 14.2 Å². The third-order valence-electron chi connectivity index (χ3n) is 2.73. The molecule has 20 heavy (non-hydrogen) atoms. The van der Waals surface area contributed by atoms with Crippen molar-refractivity contribution in [2.45, 2.75) is 0 Å². The van der Waals surface area contributed by atoms with E-state index in [0.29, 0.717) is 35.2 Å². The molecule has 0 saturated carbocycles. The van der Waals surface area contributed by atoms with Crippen molar-refractivity contribution in [2.24, 2.45) is 0 Å². The summed E-state index contributed by atoms with van der Waals surface area (Å²) < 4.78 is 15.7. The number of rotatable bonds is 7. The fraction of sp³-hybridized carbons (Fsp3) is 0.267. The summed E-state index contributed by atoms with van der Waals surface area (Å²) in [5, 5.41) is 1.83. The Balaban J connectivity index is 2.25. The van der Waals surface area contributed by atoms with Crippen molar-refractivity contribution in [2.75, 3.05) is 27.4 Å². The standard InChI is InChI=1S/C15H16O4S/c1-17-8-9-19-12-6-4-3-5-11(12)14(16)15-13(18-2)7-10-20-15/h3-7,10H,8-9H2,1-2H3. The van der Waals surface area contributed by atoms with E-state index in [0.717, 1.165) is 0 Å². The van der Waals surface area contributed by atoms with Crippen LogP contribution < -0.4 is 9.47 Å². The molecule has 1 aromatic heterocycles. The van der Waals surface area contributed by atoms with Crippen molar-refractivity contribution in [1.82, 2.24) is 0 Å². The topological polar surface area (TPSA) is 44.8 Å². The van der Waals surface area contributed by atoms with Crippen LogP contribution in [0.2, 0.25) is 0 Å². The average molecular weight is 292 g/mol.